The van der Waals surface area contributed by atoms with Gasteiger partial charge in [-0.15, -0.1) is 22.7 Å². The molecule has 8 rings (SSSR count). The third-order valence-electron chi connectivity index (χ3n) is 12.1. The van der Waals surface area contributed by atoms with Gasteiger partial charge >= 0.3 is 0 Å². The average molecular weight is 827 g/mol. The fraction of sp³-hybridized carbons (Fsp3) is 0.373. The second-order valence-corrected chi connectivity index (χ2v) is 21.1. The van der Waals surface area contributed by atoms with E-state index in [4.69, 9.17) is 4.37 Å². The molecule has 1 aliphatic rings. The fourth-order valence-electron chi connectivity index (χ4n) is 8.99. The molecule has 0 fully saturated rings. The number of aryl methyl sites for hydroxylation is 2. The molecule has 0 aliphatic heterocycles. The van der Waals surface area contributed by atoms with Crippen LogP contribution in [0, 0.1) is 25.7 Å². The number of nitrogens with zero attached hydrogens (tertiary/aromatic N) is 2. The van der Waals surface area contributed by atoms with Gasteiger partial charge in [-0.2, -0.15) is 8.75 Å². The SMILES string of the molecule is CCCCC(CC)CC1(CC(CC)CCCC)c2cc(C)sc2-c2sc(-c3ccc(C)c4nsnc34)cc21.c1ccc(P(c2ccccc2)c2ccccc2)cc1. The van der Waals surface area contributed by atoms with Gasteiger partial charge in [-0.25, -0.2) is 0 Å². The Morgan fingerprint density at radius 2 is 1.07 bits per heavy atom. The monoisotopic (exact) mass is 826 g/mol. The summed E-state index contributed by atoms with van der Waals surface area (Å²) < 4.78 is 9.38. The van der Waals surface area contributed by atoms with Crippen molar-refractivity contribution in [1.82, 2.24) is 8.75 Å². The molecule has 0 radical (unpaired) electrons. The van der Waals surface area contributed by atoms with E-state index in [-0.39, 0.29) is 5.41 Å². The highest BCUT2D eigenvalue weighted by Gasteiger charge is 2.47. The predicted molar refractivity (Wildman–Crippen MR) is 255 cm³/mol. The number of hydrogen-bond donors (Lipinski definition) is 0. The lowest BCUT2D eigenvalue weighted by Crippen LogP contribution is -2.31. The third-order valence-corrected chi connectivity index (χ3v) is 17.5. The Bertz CT molecular complexity index is 2190. The summed E-state index contributed by atoms with van der Waals surface area (Å²) in [5.41, 5.74) is 8.04. The third kappa shape index (κ3) is 9.08. The number of fused-ring (bicyclic) bond motifs is 4. The van der Waals surface area contributed by atoms with Crippen molar-refractivity contribution < 1.29 is 0 Å². The van der Waals surface area contributed by atoms with E-state index in [1.807, 2.05) is 22.7 Å². The van der Waals surface area contributed by atoms with E-state index in [1.54, 1.807) is 20.9 Å². The lowest BCUT2D eigenvalue weighted by atomic mass is 9.65. The van der Waals surface area contributed by atoms with Crippen LogP contribution in [0.3, 0.4) is 0 Å². The minimum Gasteiger partial charge on any atom is -0.173 e. The number of benzene rings is 4. The van der Waals surface area contributed by atoms with Gasteiger partial charge in [0.2, 0.25) is 0 Å². The van der Waals surface area contributed by atoms with E-state index >= 15 is 0 Å². The zero-order valence-electron chi connectivity index (χ0n) is 34.8. The molecule has 2 nitrogen and oxygen atoms in total. The Balaban J connectivity index is 0.000000218. The van der Waals surface area contributed by atoms with Gasteiger partial charge < -0.3 is 0 Å². The largest absolute Gasteiger partial charge is 0.173 e. The fourth-order valence-corrected chi connectivity index (χ4v) is 14.5. The van der Waals surface area contributed by atoms with Crippen LogP contribution >= 0.6 is 42.3 Å². The average Bonchev–Trinajstić information content (AvgIpc) is 4.05. The van der Waals surface area contributed by atoms with Gasteiger partial charge in [0.1, 0.15) is 11.0 Å². The molecule has 1 aliphatic carbocycles. The smallest absolute Gasteiger partial charge is 0.113 e. The minimum absolute atomic E-state index is 0.136. The van der Waals surface area contributed by atoms with Gasteiger partial charge in [0.15, 0.2) is 0 Å². The molecular formula is C51H59N2PS3. The summed E-state index contributed by atoms with van der Waals surface area (Å²) in [6.45, 7) is 14.0. The Morgan fingerprint density at radius 1 is 0.579 bits per heavy atom. The number of hydrogen-bond acceptors (Lipinski definition) is 5. The molecular weight excluding hydrogens is 768 g/mol. The number of thiophene rings is 2. The van der Waals surface area contributed by atoms with Crippen molar-refractivity contribution in [3.05, 3.63) is 137 Å². The zero-order valence-corrected chi connectivity index (χ0v) is 38.1. The summed E-state index contributed by atoms with van der Waals surface area (Å²) in [7, 11) is -0.446. The van der Waals surface area contributed by atoms with Gasteiger partial charge in [0.25, 0.3) is 0 Å². The molecule has 2 atom stereocenters. The molecule has 0 bridgehead atoms. The molecule has 296 valence electrons. The maximum absolute atomic E-state index is 4.75. The quantitative estimate of drug-likeness (QED) is 0.0907. The normalized spacial score (nSPS) is 15.6. The topological polar surface area (TPSA) is 25.8 Å². The van der Waals surface area contributed by atoms with Crippen LogP contribution in [0.1, 0.15) is 113 Å². The van der Waals surface area contributed by atoms with E-state index in [2.05, 4.69) is 161 Å². The van der Waals surface area contributed by atoms with Crippen LogP contribution in [0.4, 0.5) is 0 Å². The minimum atomic E-state index is -0.446. The van der Waals surface area contributed by atoms with E-state index in [1.165, 1.54) is 113 Å². The summed E-state index contributed by atoms with van der Waals surface area (Å²) in [6, 6.07) is 42.0. The molecule has 7 aromatic rings. The molecule has 0 N–H and O–H groups in total. The molecule has 3 aromatic heterocycles. The molecule has 57 heavy (non-hydrogen) atoms. The lowest BCUT2D eigenvalue weighted by Gasteiger charge is -2.37. The second kappa shape index (κ2) is 19.5. The highest BCUT2D eigenvalue weighted by Crippen LogP contribution is 2.62. The highest BCUT2D eigenvalue weighted by atomic mass is 32.1. The Kier molecular flexibility index (Phi) is 14.3. The first-order valence-corrected chi connectivity index (χ1v) is 25.0. The first kappa shape index (κ1) is 41.7. The molecule has 6 heteroatoms. The van der Waals surface area contributed by atoms with Crippen LogP contribution in [0.15, 0.2) is 115 Å². The maximum Gasteiger partial charge on any atom is 0.113 e. The van der Waals surface area contributed by atoms with Crippen molar-refractivity contribution in [2.45, 2.75) is 111 Å². The molecule has 2 unspecified atom stereocenters. The van der Waals surface area contributed by atoms with Crippen LogP contribution < -0.4 is 15.9 Å². The van der Waals surface area contributed by atoms with Crippen molar-refractivity contribution in [3.8, 4) is 20.2 Å². The van der Waals surface area contributed by atoms with E-state index in [9.17, 15) is 0 Å². The van der Waals surface area contributed by atoms with Gasteiger partial charge in [0, 0.05) is 30.5 Å². The maximum atomic E-state index is 4.75. The van der Waals surface area contributed by atoms with Crippen LogP contribution in [-0.4, -0.2) is 8.75 Å². The first-order chi connectivity index (χ1) is 27.9. The van der Waals surface area contributed by atoms with Crippen molar-refractivity contribution in [3.63, 3.8) is 0 Å². The first-order valence-electron chi connectivity index (χ1n) is 21.3. The number of unbranched alkanes of at least 4 members (excludes halogenated alkanes) is 2. The standard InChI is InChI=1S/C33H44N2S3.C18H15P/c1-7-11-13-23(9-3)19-33(20-24(10-4)14-12-8-2)26-17-22(6)36-31(26)32-27(33)18-28(37-32)25-16-15-21(5)29-30(25)35-38-34-29;1-4-10-16(11-5-1)19(17-12-6-2-7-13-17)18-14-8-3-9-15-18/h15-18,23-24H,7-14,19-20H2,1-6H3;1-15H. The zero-order chi connectivity index (χ0) is 39.8. The molecule has 3 heterocycles. The molecule has 0 amide bonds. The summed E-state index contributed by atoms with van der Waals surface area (Å²) in [5, 5.41) is 4.19. The van der Waals surface area contributed by atoms with Crippen molar-refractivity contribution in [1.29, 1.82) is 0 Å². The van der Waals surface area contributed by atoms with E-state index in [0.717, 1.165) is 22.9 Å². The summed E-state index contributed by atoms with van der Waals surface area (Å²) in [4.78, 5) is 5.94. The summed E-state index contributed by atoms with van der Waals surface area (Å²) in [5.74, 6) is 1.55. The Morgan fingerprint density at radius 3 is 1.58 bits per heavy atom. The Labute approximate surface area is 355 Å². The summed E-state index contributed by atoms with van der Waals surface area (Å²) in [6.07, 6.45) is 13.1. The van der Waals surface area contributed by atoms with Crippen LogP contribution in [0.2, 0.25) is 0 Å². The van der Waals surface area contributed by atoms with E-state index in [0.29, 0.717) is 0 Å². The molecule has 0 saturated heterocycles. The lowest BCUT2D eigenvalue weighted by molar-refractivity contribution is 0.266. The van der Waals surface area contributed by atoms with Crippen molar-refractivity contribution >= 4 is 69.3 Å². The molecule has 0 spiro atoms. The molecule has 4 aromatic carbocycles. The van der Waals surface area contributed by atoms with Crippen molar-refractivity contribution in [2.75, 3.05) is 0 Å². The van der Waals surface area contributed by atoms with Gasteiger partial charge in [-0.05, 0) is 91.2 Å². The van der Waals surface area contributed by atoms with Crippen LogP contribution in [0.25, 0.3) is 31.2 Å². The van der Waals surface area contributed by atoms with Gasteiger partial charge in [-0.3, -0.25) is 0 Å². The number of aromatic nitrogens is 2. The van der Waals surface area contributed by atoms with E-state index < -0.39 is 7.92 Å². The number of rotatable bonds is 16. The predicted octanol–water partition coefficient (Wildman–Crippen LogP) is 15.0. The molecule has 0 saturated carbocycles. The van der Waals surface area contributed by atoms with Crippen LogP contribution in [0.5, 0.6) is 0 Å². The highest BCUT2D eigenvalue weighted by molar-refractivity contribution is 7.79. The van der Waals surface area contributed by atoms with Gasteiger partial charge in [0.05, 0.1) is 11.7 Å². The Hall–Kier alpha value is -3.47. The van der Waals surface area contributed by atoms with Crippen molar-refractivity contribution in [2.24, 2.45) is 11.8 Å². The van der Waals surface area contributed by atoms with Gasteiger partial charge in [-0.1, -0.05) is 182 Å². The van der Waals surface area contributed by atoms with Crippen LogP contribution in [-0.2, 0) is 5.41 Å². The summed E-state index contributed by atoms with van der Waals surface area (Å²) >= 11 is 5.38. The second-order valence-electron chi connectivity index (χ2n) is 16.0.